The summed E-state index contributed by atoms with van der Waals surface area (Å²) in [6.45, 7) is 4.08. The molecule has 0 spiro atoms. The average molecular weight is 227 g/mol. The van der Waals surface area contributed by atoms with E-state index in [1.165, 1.54) is 6.42 Å². The Morgan fingerprint density at radius 3 is 2.50 bits per heavy atom. The lowest BCUT2D eigenvalue weighted by Gasteiger charge is -2.24. The van der Waals surface area contributed by atoms with Gasteiger partial charge in [0.15, 0.2) is 0 Å². The first-order chi connectivity index (χ1) is 7.69. The van der Waals surface area contributed by atoms with Gasteiger partial charge in [-0.05, 0) is 25.7 Å². The summed E-state index contributed by atoms with van der Waals surface area (Å²) in [5.74, 6) is 0.228. The highest BCUT2D eigenvalue weighted by Crippen LogP contribution is 2.19. The van der Waals surface area contributed by atoms with Gasteiger partial charge < -0.3 is 10.4 Å². The molecule has 0 heterocycles. The molecule has 1 aliphatic carbocycles. The van der Waals surface area contributed by atoms with Crippen LogP contribution in [0.3, 0.4) is 0 Å². The van der Waals surface area contributed by atoms with Crippen LogP contribution >= 0.6 is 0 Å². The molecule has 3 nitrogen and oxygen atoms in total. The maximum atomic E-state index is 11.9. The van der Waals surface area contributed by atoms with Gasteiger partial charge in [-0.1, -0.05) is 33.1 Å². The zero-order valence-electron chi connectivity index (χ0n) is 10.5. The van der Waals surface area contributed by atoms with Crippen LogP contribution in [-0.4, -0.2) is 23.2 Å². The van der Waals surface area contributed by atoms with Crippen molar-refractivity contribution in [2.75, 3.05) is 0 Å². The summed E-state index contributed by atoms with van der Waals surface area (Å²) in [5, 5.41) is 12.9. The molecule has 1 amide bonds. The molecule has 2 atom stereocenters. The van der Waals surface area contributed by atoms with Crippen molar-refractivity contribution in [3.05, 3.63) is 0 Å². The number of carbonyl (C=O) groups is 1. The van der Waals surface area contributed by atoms with Crippen molar-refractivity contribution in [2.45, 2.75) is 70.9 Å². The first kappa shape index (κ1) is 13.5. The molecule has 3 heteroatoms. The standard InChI is InChI=1S/C13H25NO2/c1-3-10(4-2)13(16)14-11-8-6-5-7-9-12(11)15/h10-12,15H,3-9H2,1-2H3,(H,14,16). The fourth-order valence-corrected chi connectivity index (χ4v) is 2.42. The number of aliphatic hydroxyl groups is 1. The van der Waals surface area contributed by atoms with Gasteiger partial charge in [0, 0.05) is 5.92 Å². The molecule has 0 aromatic carbocycles. The fraction of sp³-hybridized carbons (Fsp3) is 0.923. The molecule has 0 aliphatic heterocycles. The number of hydrogen-bond acceptors (Lipinski definition) is 2. The second kappa shape index (κ2) is 6.89. The number of aliphatic hydroxyl groups excluding tert-OH is 1. The summed E-state index contributed by atoms with van der Waals surface area (Å²) in [4.78, 5) is 11.9. The van der Waals surface area contributed by atoms with Gasteiger partial charge in [0.2, 0.25) is 5.91 Å². The molecule has 2 N–H and O–H groups in total. The van der Waals surface area contributed by atoms with Crippen molar-refractivity contribution in [3.63, 3.8) is 0 Å². The fourth-order valence-electron chi connectivity index (χ4n) is 2.42. The summed E-state index contributed by atoms with van der Waals surface area (Å²) < 4.78 is 0. The molecule has 94 valence electrons. The van der Waals surface area contributed by atoms with Crippen LogP contribution in [0.5, 0.6) is 0 Å². The molecule has 2 unspecified atom stereocenters. The Morgan fingerprint density at radius 1 is 1.25 bits per heavy atom. The van der Waals surface area contributed by atoms with Gasteiger partial charge in [0.1, 0.15) is 0 Å². The van der Waals surface area contributed by atoms with Crippen LogP contribution in [0, 0.1) is 5.92 Å². The second-order valence-electron chi connectivity index (χ2n) is 4.83. The third-order valence-corrected chi connectivity index (χ3v) is 3.66. The van der Waals surface area contributed by atoms with Crippen LogP contribution in [0.4, 0.5) is 0 Å². The predicted octanol–water partition coefficient (Wildman–Crippen LogP) is 2.23. The zero-order chi connectivity index (χ0) is 12.0. The van der Waals surface area contributed by atoms with Gasteiger partial charge in [-0.25, -0.2) is 0 Å². The molecule has 1 rings (SSSR count). The van der Waals surface area contributed by atoms with Crippen LogP contribution in [0.15, 0.2) is 0 Å². The Balaban J connectivity index is 2.47. The SMILES string of the molecule is CCC(CC)C(=O)NC1CCCCCC1O. The van der Waals surface area contributed by atoms with Crippen LogP contribution in [0.2, 0.25) is 0 Å². The van der Waals surface area contributed by atoms with Crippen molar-refractivity contribution in [2.24, 2.45) is 5.92 Å². The van der Waals surface area contributed by atoms with Gasteiger partial charge in [0.05, 0.1) is 12.1 Å². The number of amides is 1. The number of rotatable bonds is 4. The Morgan fingerprint density at radius 2 is 1.88 bits per heavy atom. The molecule has 1 fully saturated rings. The average Bonchev–Trinajstić information content (AvgIpc) is 2.46. The first-order valence-electron chi connectivity index (χ1n) is 6.67. The van der Waals surface area contributed by atoms with Gasteiger partial charge in [0.25, 0.3) is 0 Å². The molecule has 0 bridgehead atoms. The summed E-state index contributed by atoms with van der Waals surface area (Å²) >= 11 is 0. The number of nitrogens with one attached hydrogen (secondary N) is 1. The van der Waals surface area contributed by atoms with Crippen molar-refractivity contribution < 1.29 is 9.90 Å². The summed E-state index contributed by atoms with van der Waals surface area (Å²) in [6.07, 6.45) is 6.54. The summed E-state index contributed by atoms with van der Waals surface area (Å²) in [7, 11) is 0. The van der Waals surface area contributed by atoms with E-state index in [0.717, 1.165) is 38.5 Å². The smallest absolute Gasteiger partial charge is 0.223 e. The van der Waals surface area contributed by atoms with E-state index in [9.17, 15) is 9.90 Å². The van der Waals surface area contributed by atoms with E-state index < -0.39 is 0 Å². The highest BCUT2D eigenvalue weighted by molar-refractivity contribution is 5.78. The largest absolute Gasteiger partial charge is 0.391 e. The quantitative estimate of drug-likeness (QED) is 0.724. The first-order valence-corrected chi connectivity index (χ1v) is 6.67. The minimum Gasteiger partial charge on any atom is -0.391 e. The maximum absolute atomic E-state index is 11.9. The summed E-state index contributed by atoms with van der Waals surface area (Å²) in [5.41, 5.74) is 0. The molecular weight excluding hydrogens is 202 g/mol. The van der Waals surface area contributed by atoms with Crippen LogP contribution < -0.4 is 5.32 Å². The van der Waals surface area contributed by atoms with E-state index in [2.05, 4.69) is 5.32 Å². The highest BCUT2D eigenvalue weighted by atomic mass is 16.3. The Bertz CT molecular complexity index is 214. The van der Waals surface area contributed by atoms with E-state index in [4.69, 9.17) is 0 Å². The third kappa shape index (κ3) is 3.78. The maximum Gasteiger partial charge on any atom is 0.223 e. The molecular formula is C13H25NO2. The van der Waals surface area contributed by atoms with E-state index in [0.29, 0.717) is 0 Å². The van der Waals surface area contributed by atoms with Crippen LogP contribution in [0.25, 0.3) is 0 Å². The monoisotopic (exact) mass is 227 g/mol. The van der Waals surface area contributed by atoms with Gasteiger partial charge in [-0.3, -0.25) is 4.79 Å². The number of carbonyl (C=O) groups excluding carboxylic acids is 1. The van der Waals surface area contributed by atoms with Crippen LogP contribution in [0.1, 0.15) is 58.8 Å². The molecule has 0 saturated heterocycles. The lowest BCUT2D eigenvalue weighted by atomic mass is 10.00. The molecule has 0 aromatic heterocycles. The van der Waals surface area contributed by atoms with Crippen molar-refractivity contribution in [3.8, 4) is 0 Å². The molecule has 1 aliphatic rings. The minimum atomic E-state index is -0.346. The Hall–Kier alpha value is -0.570. The topological polar surface area (TPSA) is 49.3 Å². The minimum absolute atomic E-state index is 0.0180. The molecule has 0 aromatic rings. The van der Waals surface area contributed by atoms with Gasteiger partial charge in [-0.15, -0.1) is 0 Å². The lowest BCUT2D eigenvalue weighted by Crippen LogP contribution is -2.45. The molecule has 1 saturated carbocycles. The van der Waals surface area contributed by atoms with Gasteiger partial charge in [-0.2, -0.15) is 0 Å². The van der Waals surface area contributed by atoms with E-state index in [-0.39, 0.29) is 24.0 Å². The van der Waals surface area contributed by atoms with Gasteiger partial charge >= 0.3 is 0 Å². The predicted molar refractivity (Wildman–Crippen MR) is 65.1 cm³/mol. The van der Waals surface area contributed by atoms with Crippen molar-refractivity contribution >= 4 is 5.91 Å². The van der Waals surface area contributed by atoms with E-state index in [1.54, 1.807) is 0 Å². The normalized spacial score (nSPS) is 26.5. The van der Waals surface area contributed by atoms with E-state index >= 15 is 0 Å². The third-order valence-electron chi connectivity index (χ3n) is 3.66. The lowest BCUT2D eigenvalue weighted by molar-refractivity contribution is -0.126. The second-order valence-corrected chi connectivity index (χ2v) is 4.83. The van der Waals surface area contributed by atoms with E-state index in [1.807, 2.05) is 13.8 Å². The Labute approximate surface area is 98.6 Å². The zero-order valence-corrected chi connectivity index (χ0v) is 10.5. The molecule has 0 radical (unpaired) electrons. The van der Waals surface area contributed by atoms with Crippen molar-refractivity contribution in [1.82, 2.24) is 5.32 Å². The van der Waals surface area contributed by atoms with Crippen molar-refractivity contribution in [1.29, 1.82) is 0 Å². The summed E-state index contributed by atoms with van der Waals surface area (Å²) in [6, 6.07) is -0.0180. The molecule has 16 heavy (non-hydrogen) atoms. The Kier molecular flexibility index (Phi) is 5.81. The number of hydrogen-bond donors (Lipinski definition) is 2. The highest BCUT2D eigenvalue weighted by Gasteiger charge is 2.25. The van der Waals surface area contributed by atoms with Crippen LogP contribution in [-0.2, 0) is 4.79 Å².